The number of hydrogen-bond acceptors (Lipinski definition) is 4. The quantitative estimate of drug-likeness (QED) is 0.246. The van der Waals surface area contributed by atoms with Crippen LogP contribution < -0.4 is 5.73 Å². The maximum Gasteiger partial charge on any atom is 0.320 e. The lowest BCUT2D eigenvalue weighted by atomic mass is 9.47. The predicted octanol–water partition coefficient (Wildman–Crippen LogP) is 6.65. The van der Waals surface area contributed by atoms with E-state index in [0.717, 1.165) is 48.3 Å². The van der Waals surface area contributed by atoms with Crippen LogP contribution >= 0.6 is 0 Å². The van der Waals surface area contributed by atoms with Gasteiger partial charge in [-0.1, -0.05) is 65.5 Å². The summed E-state index contributed by atoms with van der Waals surface area (Å²) in [7, 11) is 0. The van der Waals surface area contributed by atoms with E-state index in [1.54, 1.807) is 5.57 Å². The van der Waals surface area contributed by atoms with Crippen LogP contribution in [0.2, 0.25) is 0 Å². The van der Waals surface area contributed by atoms with Crippen LogP contribution in [0.4, 0.5) is 0 Å². The molecular formula is C32H55NO5. The van der Waals surface area contributed by atoms with Gasteiger partial charge in [0.1, 0.15) is 6.04 Å². The number of nitrogens with two attached hydrogens (primary N) is 1. The van der Waals surface area contributed by atoms with Crippen molar-refractivity contribution in [1.82, 2.24) is 0 Å². The lowest BCUT2D eigenvalue weighted by Gasteiger charge is -2.58. The Hall–Kier alpha value is -1.40. The molecule has 0 spiro atoms. The fourth-order valence-corrected chi connectivity index (χ4v) is 9.07. The van der Waals surface area contributed by atoms with Crippen molar-refractivity contribution in [3.63, 3.8) is 0 Å². The van der Waals surface area contributed by atoms with Gasteiger partial charge in [-0.2, -0.15) is 0 Å². The van der Waals surface area contributed by atoms with Crippen molar-refractivity contribution in [3.8, 4) is 0 Å². The summed E-state index contributed by atoms with van der Waals surface area (Å²) in [5.74, 6) is 3.26. The molecule has 4 aliphatic carbocycles. The zero-order valence-corrected chi connectivity index (χ0v) is 24.6. The molecule has 0 bridgehead atoms. The van der Waals surface area contributed by atoms with Crippen LogP contribution in [-0.4, -0.2) is 39.4 Å². The molecule has 0 heterocycles. The number of fused-ring (bicyclic) bond motifs is 5. The van der Waals surface area contributed by atoms with Gasteiger partial charge in [-0.3, -0.25) is 9.59 Å². The minimum atomic E-state index is -1.17. The largest absolute Gasteiger partial charge is 0.481 e. The van der Waals surface area contributed by atoms with Gasteiger partial charge in [0.25, 0.3) is 0 Å². The molecule has 5 N–H and O–H groups in total. The standard InChI is InChI=1S/C27H46O.C5H9NO4/c1-18(2)7-6-8-19(3)23-11-12-24-22-10-9-20-17-21(28)13-15-26(20,4)25(22)14-16-27(23,24)5;6-3(5(9)10)1-2-4(7)8/h9,18-19,21-25,28H,6-8,10-17H2,1-5H3;3H,1-2,6H2,(H,7,8)(H,9,10)/t19?,21-,22-,23+,24-,25-,26-,27+;/m0./s1. The molecule has 218 valence electrons. The van der Waals surface area contributed by atoms with Gasteiger partial charge in [0.15, 0.2) is 0 Å². The minimum absolute atomic E-state index is 0.0231. The number of aliphatic hydroxyl groups is 1. The molecule has 0 aromatic heterocycles. The van der Waals surface area contributed by atoms with Crippen molar-refractivity contribution in [3.05, 3.63) is 11.6 Å². The Morgan fingerprint density at radius 2 is 1.71 bits per heavy atom. The van der Waals surface area contributed by atoms with E-state index in [-0.39, 0.29) is 18.9 Å². The molecule has 3 fully saturated rings. The maximum absolute atomic E-state index is 10.2. The Bertz CT molecular complexity index is 855. The van der Waals surface area contributed by atoms with E-state index in [1.165, 1.54) is 57.8 Å². The van der Waals surface area contributed by atoms with Crippen molar-refractivity contribution >= 4 is 11.9 Å². The number of carboxylic acids is 2. The van der Waals surface area contributed by atoms with Gasteiger partial charge >= 0.3 is 11.9 Å². The third kappa shape index (κ3) is 6.83. The summed E-state index contributed by atoms with van der Waals surface area (Å²) in [5, 5.41) is 26.5. The summed E-state index contributed by atoms with van der Waals surface area (Å²) >= 11 is 0. The summed E-state index contributed by atoms with van der Waals surface area (Å²) in [6.07, 6.45) is 16.9. The molecule has 6 heteroatoms. The van der Waals surface area contributed by atoms with Gasteiger partial charge < -0.3 is 21.1 Å². The molecule has 38 heavy (non-hydrogen) atoms. The highest BCUT2D eigenvalue weighted by Gasteiger charge is 2.59. The molecule has 9 atom stereocenters. The Kier molecular flexibility index (Phi) is 10.5. The van der Waals surface area contributed by atoms with Crippen LogP contribution in [-0.2, 0) is 9.59 Å². The van der Waals surface area contributed by atoms with Gasteiger partial charge in [0.05, 0.1) is 6.10 Å². The Morgan fingerprint density at radius 1 is 1.00 bits per heavy atom. The van der Waals surface area contributed by atoms with E-state index in [2.05, 4.69) is 40.7 Å². The molecule has 0 aromatic carbocycles. The van der Waals surface area contributed by atoms with E-state index in [0.29, 0.717) is 10.8 Å². The molecule has 0 saturated heterocycles. The highest BCUT2D eigenvalue weighted by atomic mass is 16.4. The van der Waals surface area contributed by atoms with E-state index in [4.69, 9.17) is 15.9 Å². The number of aliphatic hydroxyl groups excluding tert-OH is 1. The van der Waals surface area contributed by atoms with Crippen LogP contribution in [0, 0.1) is 46.3 Å². The highest BCUT2D eigenvalue weighted by Crippen LogP contribution is 2.67. The average Bonchev–Trinajstić information content (AvgIpc) is 3.20. The van der Waals surface area contributed by atoms with Gasteiger partial charge in [0.2, 0.25) is 0 Å². The molecule has 6 nitrogen and oxygen atoms in total. The Balaban J connectivity index is 0.000000342. The second-order valence-corrected chi connectivity index (χ2v) is 14.1. The molecule has 0 aromatic rings. The monoisotopic (exact) mass is 533 g/mol. The molecule has 0 radical (unpaired) electrons. The van der Waals surface area contributed by atoms with Crippen LogP contribution in [0.25, 0.3) is 0 Å². The van der Waals surface area contributed by atoms with Crippen LogP contribution in [0.15, 0.2) is 11.6 Å². The fourth-order valence-electron chi connectivity index (χ4n) is 9.07. The first-order chi connectivity index (χ1) is 17.8. The van der Waals surface area contributed by atoms with Crippen molar-refractivity contribution in [2.45, 2.75) is 130 Å². The Labute approximate surface area is 230 Å². The molecule has 0 aliphatic heterocycles. The number of carboxylic acid groups (broad SMARTS) is 2. The minimum Gasteiger partial charge on any atom is -0.481 e. The molecule has 4 rings (SSSR count). The van der Waals surface area contributed by atoms with Crippen molar-refractivity contribution < 1.29 is 24.9 Å². The average molecular weight is 534 g/mol. The van der Waals surface area contributed by atoms with Crippen molar-refractivity contribution in [1.29, 1.82) is 0 Å². The van der Waals surface area contributed by atoms with E-state index >= 15 is 0 Å². The smallest absolute Gasteiger partial charge is 0.320 e. The number of allylic oxidation sites excluding steroid dienone is 1. The van der Waals surface area contributed by atoms with Crippen LogP contribution in [0.1, 0.15) is 118 Å². The topological polar surface area (TPSA) is 121 Å². The molecule has 2 unspecified atom stereocenters. The zero-order valence-electron chi connectivity index (χ0n) is 24.6. The highest BCUT2D eigenvalue weighted by molar-refractivity contribution is 5.74. The first-order valence-electron chi connectivity index (χ1n) is 15.4. The molecule has 0 amide bonds. The Morgan fingerprint density at radius 3 is 2.34 bits per heavy atom. The zero-order chi connectivity index (χ0) is 28.3. The van der Waals surface area contributed by atoms with Crippen molar-refractivity contribution in [2.24, 2.45) is 52.1 Å². The summed E-state index contributed by atoms with van der Waals surface area (Å²) < 4.78 is 0. The fraction of sp³-hybridized carbons (Fsp3) is 0.875. The van der Waals surface area contributed by atoms with Crippen molar-refractivity contribution in [2.75, 3.05) is 0 Å². The summed E-state index contributed by atoms with van der Waals surface area (Å²) in [4.78, 5) is 19.9. The number of aliphatic carboxylic acids is 2. The second-order valence-electron chi connectivity index (χ2n) is 14.1. The van der Waals surface area contributed by atoms with E-state index in [1.807, 2.05) is 0 Å². The predicted molar refractivity (Wildman–Crippen MR) is 152 cm³/mol. The SMILES string of the molecule is CC(C)CCCC(C)[C@H]1CC[C@H]2[C@@H]3CC=C4C[C@@H](O)CC[C@]4(C)[C@H]3CC[C@]12C.NC(CCC(=O)O)C(=O)O. The summed E-state index contributed by atoms with van der Waals surface area (Å²) in [6, 6.07) is -1.06. The second kappa shape index (κ2) is 12.8. The number of hydrogen-bond donors (Lipinski definition) is 4. The van der Waals surface area contributed by atoms with E-state index in [9.17, 15) is 14.7 Å². The molecular weight excluding hydrogens is 478 g/mol. The first-order valence-corrected chi connectivity index (χ1v) is 15.4. The lowest BCUT2D eigenvalue weighted by Crippen LogP contribution is -2.50. The normalized spacial score (nSPS) is 37.6. The van der Waals surface area contributed by atoms with Gasteiger partial charge in [-0.05, 0) is 104 Å². The first kappa shape index (κ1) is 31.1. The molecule has 4 aliphatic rings. The van der Waals surface area contributed by atoms with Gasteiger partial charge in [-0.25, -0.2) is 0 Å². The summed E-state index contributed by atoms with van der Waals surface area (Å²) in [5.41, 5.74) is 7.61. The van der Waals surface area contributed by atoms with Gasteiger partial charge in [0, 0.05) is 6.42 Å². The van der Waals surface area contributed by atoms with Crippen LogP contribution in [0.5, 0.6) is 0 Å². The van der Waals surface area contributed by atoms with Crippen LogP contribution in [0.3, 0.4) is 0 Å². The maximum atomic E-state index is 10.2. The summed E-state index contributed by atoms with van der Waals surface area (Å²) in [6.45, 7) is 12.6. The van der Waals surface area contributed by atoms with Gasteiger partial charge in [-0.15, -0.1) is 0 Å². The number of rotatable bonds is 9. The lowest BCUT2D eigenvalue weighted by molar-refractivity contribution is -0.139. The molecule has 3 saturated carbocycles. The third-order valence-corrected chi connectivity index (χ3v) is 11.3. The van der Waals surface area contributed by atoms with E-state index < -0.39 is 18.0 Å². The number of carbonyl (C=O) groups is 2. The third-order valence-electron chi connectivity index (χ3n) is 11.3.